The predicted molar refractivity (Wildman–Crippen MR) is 202 cm³/mol. The minimum absolute atomic E-state index is 0.332. The maximum atomic E-state index is 10.8. The SMILES string of the molecule is CCCCCCCCCCCCCCCCCCN(CCCCCCCCCCCCCCCCCC)CCCCCC(=O)O. The molecule has 270 valence electrons. The van der Waals surface area contributed by atoms with Crippen molar-refractivity contribution < 1.29 is 9.90 Å². The van der Waals surface area contributed by atoms with Crippen LogP contribution in [-0.4, -0.2) is 35.6 Å². The van der Waals surface area contributed by atoms with Crippen molar-refractivity contribution in [2.24, 2.45) is 0 Å². The lowest BCUT2D eigenvalue weighted by Crippen LogP contribution is -2.27. The molecule has 0 aromatic heterocycles. The Morgan fingerprint density at radius 1 is 0.333 bits per heavy atom. The Morgan fingerprint density at radius 3 is 0.756 bits per heavy atom. The molecule has 0 atom stereocenters. The summed E-state index contributed by atoms with van der Waals surface area (Å²) in [5, 5.41) is 8.93. The smallest absolute Gasteiger partial charge is 0.303 e. The molecule has 0 aliphatic carbocycles. The second-order valence-corrected chi connectivity index (χ2v) is 14.7. The number of carboxylic acids is 1. The van der Waals surface area contributed by atoms with Gasteiger partial charge in [-0.15, -0.1) is 0 Å². The summed E-state index contributed by atoms with van der Waals surface area (Å²) >= 11 is 0. The van der Waals surface area contributed by atoms with Crippen molar-refractivity contribution >= 4 is 5.97 Å². The second kappa shape index (κ2) is 39.6. The van der Waals surface area contributed by atoms with Gasteiger partial charge in [-0.3, -0.25) is 4.79 Å². The summed E-state index contributed by atoms with van der Waals surface area (Å²) in [6, 6.07) is 0. The average Bonchev–Trinajstić information content (AvgIpc) is 3.03. The first-order chi connectivity index (χ1) is 22.2. The largest absolute Gasteiger partial charge is 0.481 e. The van der Waals surface area contributed by atoms with Gasteiger partial charge in [0, 0.05) is 6.42 Å². The molecule has 3 heteroatoms. The van der Waals surface area contributed by atoms with Crippen LogP contribution in [0.4, 0.5) is 0 Å². The van der Waals surface area contributed by atoms with Gasteiger partial charge in [0.25, 0.3) is 0 Å². The number of rotatable bonds is 40. The predicted octanol–water partition coefficient (Wildman–Crippen LogP) is 14.5. The topological polar surface area (TPSA) is 40.5 Å². The third-order valence-corrected chi connectivity index (χ3v) is 10.0. The van der Waals surface area contributed by atoms with Crippen molar-refractivity contribution in [1.82, 2.24) is 4.90 Å². The molecule has 0 amide bonds. The lowest BCUT2D eigenvalue weighted by Gasteiger charge is -2.22. The summed E-state index contributed by atoms with van der Waals surface area (Å²) in [6.45, 7) is 8.26. The van der Waals surface area contributed by atoms with Crippen LogP contribution in [0.15, 0.2) is 0 Å². The molecule has 0 rings (SSSR count). The van der Waals surface area contributed by atoms with Crippen molar-refractivity contribution in [1.29, 1.82) is 0 Å². The summed E-state index contributed by atoms with van der Waals surface area (Å²) in [7, 11) is 0. The van der Waals surface area contributed by atoms with Gasteiger partial charge in [-0.1, -0.05) is 213 Å². The van der Waals surface area contributed by atoms with Gasteiger partial charge < -0.3 is 10.0 Å². The van der Waals surface area contributed by atoms with Gasteiger partial charge in [-0.05, 0) is 45.3 Å². The average molecular weight is 636 g/mol. The van der Waals surface area contributed by atoms with Crippen LogP contribution in [0, 0.1) is 0 Å². The molecule has 0 radical (unpaired) electrons. The second-order valence-electron chi connectivity index (χ2n) is 14.7. The molecule has 45 heavy (non-hydrogen) atoms. The summed E-state index contributed by atoms with van der Waals surface area (Å²) in [4.78, 5) is 13.5. The molecule has 0 heterocycles. The molecule has 1 N–H and O–H groups in total. The zero-order valence-corrected chi connectivity index (χ0v) is 31.4. The fraction of sp³-hybridized carbons (Fsp3) is 0.976. The Labute approximate surface area is 284 Å². The number of aliphatic carboxylic acids is 1. The molecule has 0 fully saturated rings. The van der Waals surface area contributed by atoms with Gasteiger partial charge in [0.15, 0.2) is 0 Å². The number of hydrogen-bond acceptors (Lipinski definition) is 2. The summed E-state index contributed by atoms with van der Waals surface area (Å²) in [5.74, 6) is -0.645. The van der Waals surface area contributed by atoms with Crippen molar-refractivity contribution in [3.05, 3.63) is 0 Å². The van der Waals surface area contributed by atoms with E-state index in [0.717, 1.165) is 25.8 Å². The molecule has 0 aliphatic rings. The van der Waals surface area contributed by atoms with Crippen LogP contribution in [-0.2, 0) is 4.79 Å². The van der Waals surface area contributed by atoms with E-state index in [4.69, 9.17) is 5.11 Å². The molecule has 0 aromatic rings. The van der Waals surface area contributed by atoms with E-state index in [0.29, 0.717) is 6.42 Å². The Bertz CT molecular complexity index is 515. The van der Waals surface area contributed by atoms with E-state index in [1.54, 1.807) is 0 Å². The highest BCUT2D eigenvalue weighted by Gasteiger charge is 2.06. The van der Waals surface area contributed by atoms with E-state index in [9.17, 15) is 4.79 Å². The van der Waals surface area contributed by atoms with E-state index in [1.807, 2.05) is 0 Å². The molecular formula is C42H85NO2. The van der Waals surface area contributed by atoms with E-state index in [2.05, 4.69) is 18.7 Å². The van der Waals surface area contributed by atoms with Crippen molar-refractivity contribution in [3.8, 4) is 0 Å². The maximum Gasteiger partial charge on any atom is 0.303 e. The Hall–Kier alpha value is -0.570. The van der Waals surface area contributed by atoms with Gasteiger partial charge in [0.05, 0.1) is 0 Å². The third kappa shape index (κ3) is 39.5. The molecule has 0 unspecified atom stereocenters. The third-order valence-electron chi connectivity index (χ3n) is 10.0. The first-order valence-electron chi connectivity index (χ1n) is 21.1. The highest BCUT2D eigenvalue weighted by atomic mass is 16.4. The van der Waals surface area contributed by atoms with Crippen LogP contribution >= 0.6 is 0 Å². The van der Waals surface area contributed by atoms with Crippen LogP contribution in [0.5, 0.6) is 0 Å². The Balaban J connectivity index is 3.73. The molecular weight excluding hydrogens is 550 g/mol. The van der Waals surface area contributed by atoms with E-state index >= 15 is 0 Å². The quantitative estimate of drug-likeness (QED) is 0.0681. The van der Waals surface area contributed by atoms with Crippen LogP contribution in [0.1, 0.15) is 245 Å². The van der Waals surface area contributed by atoms with Gasteiger partial charge in [0.1, 0.15) is 0 Å². The fourth-order valence-corrected chi connectivity index (χ4v) is 6.89. The van der Waals surface area contributed by atoms with Crippen LogP contribution < -0.4 is 0 Å². The lowest BCUT2D eigenvalue weighted by molar-refractivity contribution is -0.137. The lowest BCUT2D eigenvalue weighted by atomic mass is 10.0. The van der Waals surface area contributed by atoms with E-state index in [1.165, 1.54) is 219 Å². The highest BCUT2D eigenvalue weighted by Crippen LogP contribution is 2.16. The van der Waals surface area contributed by atoms with Crippen LogP contribution in [0.3, 0.4) is 0 Å². The minimum atomic E-state index is -0.645. The normalized spacial score (nSPS) is 11.6. The number of hydrogen-bond donors (Lipinski definition) is 1. The summed E-state index contributed by atoms with van der Waals surface area (Å²) < 4.78 is 0. The Kier molecular flexibility index (Phi) is 39.1. The van der Waals surface area contributed by atoms with Crippen molar-refractivity contribution in [3.63, 3.8) is 0 Å². The van der Waals surface area contributed by atoms with Crippen LogP contribution in [0.25, 0.3) is 0 Å². The standard InChI is InChI=1S/C42H85NO2/c1-3-5-7-9-11-13-15-17-19-21-23-25-27-29-31-35-39-43(41-37-33-34-38-42(44)45)40-36-32-30-28-26-24-22-20-18-16-14-12-10-8-6-4-2/h3-41H2,1-2H3,(H,44,45). The number of carboxylic acid groups (broad SMARTS) is 1. The zero-order valence-electron chi connectivity index (χ0n) is 31.4. The van der Waals surface area contributed by atoms with Crippen molar-refractivity contribution in [2.45, 2.75) is 245 Å². The maximum absolute atomic E-state index is 10.8. The van der Waals surface area contributed by atoms with Gasteiger partial charge in [-0.2, -0.15) is 0 Å². The van der Waals surface area contributed by atoms with Gasteiger partial charge in [-0.25, -0.2) is 0 Å². The number of unbranched alkanes of at least 4 members (excludes halogenated alkanes) is 32. The zero-order chi connectivity index (χ0) is 32.7. The first-order valence-corrected chi connectivity index (χ1v) is 21.1. The monoisotopic (exact) mass is 636 g/mol. The summed E-state index contributed by atoms with van der Waals surface area (Å²) in [5.41, 5.74) is 0. The molecule has 0 aliphatic heterocycles. The molecule has 0 saturated heterocycles. The van der Waals surface area contributed by atoms with Crippen LogP contribution in [0.2, 0.25) is 0 Å². The van der Waals surface area contributed by atoms with Crippen molar-refractivity contribution in [2.75, 3.05) is 19.6 Å². The molecule has 0 saturated carbocycles. The fourth-order valence-electron chi connectivity index (χ4n) is 6.89. The van der Waals surface area contributed by atoms with E-state index < -0.39 is 5.97 Å². The minimum Gasteiger partial charge on any atom is -0.481 e. The van der Waals surface area contributed by atoms with E-state index in [-0.39, 0.29) is 0 Å². The summed E-state index contributed by atoms with van der Waals surface area (Å²) in [6.07, 6.45) is 49.1. The number of carbonyl (C=O) groups is 1. The highest BCUT2D eigenvalue weighted by molar-refractivity contribution is 5.66. The molecule has 0 aromatic carbocycles. The number of nitrogens with zero attached hydrogens (tertiary/aromatic N) is 1. The Morgan fingerprint density at radius 2 is 0.533 bits per heavy atom. The van der Waals surface area contributed by atoms with Gasteiger partial charge in [0.2, 0.25) is 0 Å². The first kappa shape index (κ1) is 44.4. The molecule has 0 bridgehead atoms. The molecule has 3 nitrogen and oxygen atoms in total. The molecule has 0 spiro atoms. The van der Waals surface area contributed by atoms with Gasteiger partial charge >= 0.3 is 5.97 Å².